The van der Waals surface area contributed by atoms with Crippen molar-refractivity contribution in [1.82, 2.24) is 4.57 Å². The molecule has 4 aromatic rings. The first-order valence-electron chi connectivity index (χ1n) is 13.6. The van der Waals surface area contributed by atoms with E-state index in [-0.39, 0.29) is 18.8 Å². The maximum absolute atomic E-state index is 14.0. The molecule has 3 aromatic carbocycles. The second kappa shape index (κ2) is 13.5. The van der Waals surface area contributed by atoms with Gasteiger partial charge in [-0.25, -0.2) is 9.79 Å². The number of carbonyl (C=O) groups is 1. The Bertz CT molecular complexity index is 1990. The number of nitrogens with zero attached hydrogens (tertiary/aromatic N) is 3. The predicted octanol–water partition coefficient (Wildman–Crippen LogP) is 4.87. The highest BCUT2D eigenvalue weighted by Gasteiger charge is 2.33. The average molecular weight is 722 g/mol. The number of allylic oxidation sites excluding steroid dienone is 1. The van der Waals surface area contributed by atoms with E-state index in [0.717, 1.165) is 20.3 Å². The monoisotopic (exact) mass is 721 g/mol. The van der Waals surface area contributed by atoms with E-state index in [9.17, 15) is 14.9 Å². The van der Waals surface area contributed by atoms with Crippen LogP contribution in [0.5, 0.6) is 17.2 Å². The number of halogens is 1. The Morgan fingerprint density at radius 2 is 1.89 bits per heavy atom. The highest BCUT2D eigenvalue weighted by Crippen LogP contribution is 2.35. The van der Waals surface area contributed by atoms with Crippen LogP contribution in [-0.4, -0.2) is 31.4 Å². The zero-order chi connectivity index (χ0) is 31.4. The Morgan fingerprint density at radius 3 is 2.57 bits per heavy atom. The number of benzene rings is 3. The molecule has 0 amide bonds. The molecule has 0 spiro atoms. The largest absolute Gasteiger partial charge is 0.497 e. The van der Waals surface area contributed by atoms with Gasteiger partial charge in [0.15, 0.2) is 16.3 Å². The molecule has 0 N–H and O–H groups in total. The normalized spacial score (nSPS) is 14.4. The van der Waals surface area contributed by atoms with E-state index < -0.39 is 12.0 Å². The first-order chi connectivity index (χ1) is 21.3. The Labute approximate surface area is 271 Å². The van der Waals surface area contributed by atoms with Crippen LogP contribution in [0.4, 0.5) is 0 Å². The standard InChI is InChI=1S/C33H28IN3O6S/c1-5-42-32(39)28-19(2)36-33-37(29(28)21-10-12-24(40-3)13-11-21)31(38)27(44-33)16-20-14-25(34)30(26(15-20)41-4)43-18-23-9-7-6-8-22(23)17-35/h6-16,29H,5,18H2,1-4H3/b27-16+/t29-/m0/s1. The van der Waals surface area contributed by atoms with Gasteiger partial charge in [-0.3, -0.25) is 9.36 Å². The van der Waals surface area contributed by atoms with E-state index in [1.54, 1.807) is 63.0 Å². The molecule has 224 valence electrons. The fourth-order valence-electron chi connectivity index (χ4n) is 4.91. The first-order valence-corrected chi connectivity index (χ1v) is 15.5. The second-order valence-electron chi connectivity index (χ2n) is 9.67. The van der Waals surface area contributed by atoms with E-state index in [4.69, 9.17) is 18.9 Å². The van der Waals surface area contributed by atoms with Crippen molar-refractivity contribution in [3.05, 3.63) is 117 Å². The molecule has 1 atom stereocenters. The lowest BCUT2D eigenvalue weighted by Gasteiger charge is -2.24. The molecule has 9 nitrogen and oxygen atoms in total. The molecule has 1 aliphatic heterocycles. The minimum absolute atomic E-state index is 0.195. The van der Waals surface area contributed by atoms with Gasteiger partial charge < -0.3 is 18.9 Å². The maximum atomic E-state index is 14.0. The molecule has 0 radical (unpaired) electrons. The van der Waals surface area contributed by atoms with Gasteiger partial charge in [0.1, 0.15) is 12.4 Å². The van der Waals surface area contributed by atoms with Crippen molar-refractivity contribution in [1.29, 1.82) is 5.26 Å². The Balaban J connectivity index is 1.57. The van der Waals surface area contributed by atoms with Gasteiger partial charge in [0.25, 0.3) is 5.56 Å². The molecule has 2 heterocycles. The van der Waals surface area contributed by atoms with Gasteiger partial charge in [-0.1, -0.05) is 41.7 Å². The van der Waals surface area contributed by atoms with Gasteiger partial charge in [0, 0.05) is 5.56 Å². The van der Waals surface area contributed by atoms with Gasteiger partial charge in [-0.15, -0.1) is 0 Å². The summed E-state index contributed by atoms with van der Waals surface area (Å²) in [4.78, 5) is 32.2. The molecule has 0 aliphatic carbocycles. The number of aromatic nitrogens is 1. The third kappa shape index (κ3) is 6.13. The van der Waals surface area contributed by atoms with E-state index in [2.05, 4.69) is 33.7 Å². The molecular weight excluding hydrogens is 693 g/mol. The average Bonchev–Trinajstić information content (AvgIpc) is 3.33. The lowest BCUT2D eigenvalue weighted by Crippen LogP contribution is -2.39. The minimum atomic E-state index is -0.722. The van der Waals surface area contributed by atoms with E-state index in [0.29, 0.717) is 43.4 Å². The van der Waals surface area contributed by atoms with Crippen LogP contribution in [0.25, 0.3) is 6.08 Å². The summed E-state index contributed by atoms with van der Waals surface area (Å²) in [6.45, 7) is 3.88. The van der Waals surface area contributed by atoms with E-state index in [1.165, 1.54) is 11.3 Å². The van der Waals surface area contributed by atoms with Crippen molar-refractivity contribution < 1.29 is 23.7 Å². The zero-order valence-corrected chi connectivity index (χ0v) is 27.4. The van der Waals surface area contributed by atoms with Crippen LogP contribution in [0.3, 0.4) is 0 Å². The minimum Gasteiger partial charge on any atom is -0.497 e. The Kier molecular flexibility index (Phi) is 9.51. The topological polar surface area (TPSA) is 112 Å². The summed E-state index contributed by atoms with van der Waals surface area (Å²) in [5, 5.41) is 9.41. The fraction of sp³-hybridized carbons (Fsp3) is 0.212. The van der Waals surface area contributed by atoms with E-state index >= 15 is 0 Å². The van der Waals surface area contributed by atoms with Gasteiger partial charge in [-0.05, 0) is 84.0 Å². The number of rotatable bonds is 9. The summed E-state index contributed by atoms with van der Waals surface area (Å²) in [6.07, 6.45) is 1.78. The third-order valence-electron chi connectivity index (χ3n) is 7.01. The molecule has 11 heteroatoms. The van der Waals surface area contributed by atoms with Crippen molar-refractivity contribution in [2.45, 2.75) is 26.5 Å². The first kappa shape index (κ1) is 31.0. The molecule has 0 saturated carbocycles. The van der Waals surface area contributed by atoms with Gasteiger partial charge in [0.05, 0.1) is 57.9 Å². The summed E-state index contributed by atoms with van der Waals surface area (Å²) in [7, 11) is 3.13. The SMILES string of the molecule is CCOC(=O)C1=C(C)N=c2s/c(=C/c3cc(I)c(OCc4ccccc4C#N)c(OC)c3)c(=O)n2[C@H]1c1ccc(OC)cc1. The van der Waals surface area contributed by atoms with Crippen LogP contribution in [0.2, 0.25) is 0 Å². The smallest absolute Gasteiger partial charge is 0.338 e. The van der Waals surface area contributed by atoms with Gasteiger partial charge in [0.2, 0.25) is 0 Å². The van der Waals surface area contributed by atoms with Crippen molar-refractivity contribution in [3.8, 4) is 23.3 Å². The second-order valence-corrected chi connectivity index (χ2v) is 11.8. The molecule has 1 aromatic heterocycles. The van der Waals surface area contributed by atoms with Crippen LogP contribution < -0.4 is 29.1 Å². The zero-order valence-electron chi connectivity index (χ0n) is 24.4. The van der Waals surface area contributed by atoms with Crippen molar-refractivity contribution in [2.24, 2.45) is 4.99 Å². The number of carbonyl (C=O) groups excluding carboxylic acids is 1. The molecule has 0 bridgehead atoms. The molecule has 1 aliphatic rings. The third-order valence-corrected chi connectivity index (χ3v) is 8.79. The molecule has 0 fully saturated rings. The molecule has 0 unspecified atom stereocenters. The van der Waals surface area contributed by atoms with Crippen molar-refractivity contribution in [3.63, 3.8) is 0 Å². The van der Waals surface area contributed by atoms with Crippen molar-refractivity contribution >= 4 is 46.0 Å². The van der Waals surface area contributed by atoms with Crippen molar-refractivity contribution in [2.75, 3.05) is 20.8 Å². The fourth-order valence-corrected chi connectivity index (χ4v) is 6.74. The molecular formula is C33H28IN3O6S. The lowest BCUT2D eigenvalue weighted by atomic mass is 9.96. The lowest BCUT2D eigenvalue weighted by molar-refractivity contribution is -0.139. The number of thiazole rings is 1. The van der Waals surface area contributed by atoms with E-state index in [1.807, 2.05) is 36.4 Å². The van der Waals surface area contributed by atoms with Crippen LogP contribution >= 0.6 is 33.9 Å². The summed E-state index contributed by atoms with van der Waals surface area (Å²) in [6, 6.07) is 19.7. The molecule has 5 rings (SSSR count). The van der Waals surface area contributed by atoms with Crippen LogP contribution in [0.15, 0.2) is 81.7 Å². The number of hydrogen-bond acceptors (Lipinski definition) is 9. The quantitative estimate of drug-likeness (QED) is 0.179. The van der Waals surface area contributed by atoms with Crippen LogP contribution in [-0.2, 0) is 16.1 Å². The predicted molar refractivity (Wildman–Crippen MR) is 175 cm³/mol. The number of fused-ring (bicyclic) bond motifs is 1. The summed E-state index contributed by atoms with van der Waals surface area (Å²) < 4.78 is 25.2. The number of nitriles is 1. The van der Waals surface area contributed by atoms with Crippen LogP contribution in [0, 0.1) is 14.9 Å². The Morgan fingerprint density at radius 1 is 1.14 bits per heavy atom. The van der Waals surface area contributed by atoms with Gasteiger partial charge >= 0.3 is 5.97 Å². The number of esters is 1. The number of ether oxygens (including phenoxy) is 4. The summed E-state index contributed by atoms with van der Waals surface area (Å²) in [5.74, 6) is 1.16. The Hall–Kier alpha value is -4.41. The summed E-state index contributed by atoms with van der Waals surface area (Å²) >= 11 is 3.40. The number of hydrogen-bond donors (Lipinski definition) is 0. The highest BCUT2D eigenvalue weighted by molar-refractivity contribution is 14.1. The molecule has 44 heavy (non-hydrogen) atoms. The number of methoxy groups -OCH3 is 2. The van der Waals surface area contributed by atoms with Crippen LogP contribution in [0.1, 0.15) is 42.1 Å². The highest BCUT2D eigenvalue weighted by atomic mass is 127. The molecule has 0 saturated heterocycles. The summed E-state index contributed by atoms with van der Waals surface area (Å²) in [5.41, 5.74) is 3.28. The van der Waals surface area contributed by atoms with Gasteiger partial charge in [-0.2, -0.15) is 5.26 Å². The maximum Gasteiger partial charge on any atom is 0.338 e.